The lowest BCUT2D eigenvalue weighted by molar-refractivity contribution is -0.384. The molecule has 1 aliphatic rings. The Bertz CT molecular complexity index is 400. The van der Waals surface area contributed by atoms with Gasteiger partial charge in [0.25, 0.3) is 5.69 Å². The van der Waals surface area contributed by atoms with Gasteiger partial charge in [-0.1, -0.05) is 0 Å². The van der Waals surface area contributed by atoms with Crippen LogP contribution >= 0.6 is 0 Å². The van der Waals surface area contributed by atoms with E-state index in [1.54, 1.807) is 6.07 Å². The number of aryl methyl sites for hydroxylation is 1. The second-order valence-corrected chi connectivity index (χ2v) is 3.94. The minimum absolute atomic E-state index is 0.106. The molecule has 1 N–H and O–H groups in total. The Morgan fingerprint density at radius 1 is 1.56 bits per heavy atom. The predicted octanol–water partition coefficient (Wildman–Crippen LogP) is 1.64. The summed E-state index contributed by atoms with van der Waals surface area (Å²) in [5.41, 5.74) is 0.912. The molecule has 0 amide bonds. The summed E-state index contributed by atoms with van der Waals surface area (Å²) >= 11 is 0. The van der Waals surface area contributed by atoms with Crippen molar-refractivity contribution in [2.75, 3.05) is 13.1 Å². The minimum Gasteiger partial charge on any atom is -0.489 e. The first-order valence-electron chi connectivity index (χ1n) is 5.29. The second kappa shape index (κ2) is 4.49. The van der Waals surface area contributed by atoms with Crippen LogP contribution < -0.4 is 10.1 Å². The molecule has 5 heteroatoms. The number of non-ortho nitro benzene ring substituents is 1. The summed E-state index contributed by atoms with van der Waals surface area (Å²) < 4.78 is 5.76. The van der Waals surface area contributed by atoms with Crippen molar-refractivity contribution in [1.29, 1.82) is 0 Å². The summed E-state index contributed by atoms with van der Waals surface area (Å²) in [5, 5.41) is 13.8. The lowest BCUT2D eigenvalue weighted by atomic mass is 10.2. The maximum Gasteiger partial charge on any atom is 0.269 e. The van der Waals surface area contributed by atoms with E-state index < -0.39 is 4.92 Å². The van der Waals surface area contributed by atoms with Crippen LogP contribution in [0.2, 0.25) is 0 Å². The molecule has 1 unspecified atom stereocenters. The summed E-state index contributed by atoms with van der Waals surface area (Å²) in [6.07, 6.45) is 1.16. The van der Waals surface area contributed by atoms with Gasteiger partial charge >= 0.3 is 0 Å². The number of ether oxygens (including phenoxy) is 1. The summed E-state index contributed by atoms with van der Waals surface area (Å²) in [4.78, 5) is 10.2. The van der Waals surface area contributed by atoms with E-state index >= 15 is 0 Å². The highest BCUT2D eigenvalue weighted by molar-refractivity contribution is 5.43. The topological polar surface area (TPSA) is 64.4 Å². The van der Waals surface area contributed by atoms with Crippen LogP contribution in [0.15, 0.2) is 18.2 Å². The Balaban J connectivity index is 2.12. The van der Waals surface area contributed by atoms with Crippen LogP contribution in [0.25, 0.3) is 0 Å². The van der Waals surface area contributed by atoms with Crippen LogP contribution in [0.5, 0.6) is 5.75 Å². The highest BCUT2D eigenvalue weighted by atomic mass is 16.6. The fraction of sp³-hybridized carbons (Fsp3) is 0.455. The summed E-state index contributed by atoms with van der Waals surface area (Å²) in [6.45, 7) is 3.64. The van der Waals surface area contributed by atoms with Crippen molar-refractivity contribution < 1.29 is 9.66 Å². The lowest BCUT2D eigenvalue weighted by Gasteiger charge is -2.14. The number of benzene rings is 1. The maximum absolute atomic E-state index is 10.6. The maximum atomic E-state index is 10.6. The van der Waals surface area contributed by atoms with Crippen LogP contribution in [0.4, 0.5) is 5.69 Å². The Labute approximate surface area is 93.6 Å². The van der Waals surface area contributed by atoms with E-state index in [0.717, 1.165) is 30.8 Å². The smallest absolute Gasteiger partial charge is 0.269 e. The van der Waals surface area contributed by atoms with Gasteiger partial charge in [0.15, 0.2) is 0 Å². The van der Waals surface area contributed by atoms with Crippen molar-refractivity contribution >= 4 is 5.69 Å². The third-order valence-corrected chi connectivity index (χ3v) is 2.68. The highest BCUT2D eigenvalue weighted by Gasteiger charge is 2.17. The van der Waals surface area contributed by atoms with Crippen LogP contribution in [0, 0.1) is 17.0 Å². The summed E-state index contributed by atoms with van der Waals surface area (Å²) in [5.74, 6) is 0.735. The van der Waals surface area contributed by atoms with Crippen LogP contribution in [-0.2, 0) is 0 Å². The molecule has 0 bridgehead atoms. The molecule has 1 aromatic rings. The van der Waals surface area contributed by atoms with Gasteiger partial charge in [0, 0.05) is 18.7 Å². The van der Waals surface area contributed by atoms with Crippen molar-refractivity contribution in [2.24, 2.45) is 0 Å². The van der Waals surface area contributed by atoms with E-state index in [4.69, 9.17) is 4.74 Å². The van der Waals surface area contributed by atoms with Crippen molar-refractivity contribution in [1.82, 2.24) is 5.32 Å². The molecule has 1 atom stereocenters. The molecule has 0 aliphatic carbocycles. The van der Waals surface area contributed by atoms with Crippen LogP contribution in [0.3, 0.4) is 0 Å². The van der Waals surface area contributed by atoms with E-state index in [-0.39, 0.29) is 11.8 Å². The third kappa shape index (κ3) is 2.30. The van der Waals surface area contributed by atoms with Gasteiger partial charge in [-0.25, -0.2) is 0 Å². The van der Waals surface area contributed by atoms with Gasteiger partial charge in [0.2, 0.25) is 0 Å². The van der Waals surface area contributed by atoms with E-state index in [0.29, 0.717) is 0 Å². The quantitative estimate of drug-likeness (QED) is 0.623. The van der Waals surface area contributed by atoms with Crippen molar-refractivity contribution in [3.63, 3.8) is 0 Å². The molecule has 1 saturated heterocycles. The van der Waals surface area contributed by atoms with Gasteiger partial charge in [0.1, 0.15) is 11.9 Å². The average molecular weight is 222 g/mol. The zero-order valence-electron chi connectivity index (χ0n) is 9.10. The van der Waals surface area contributed by atoms with E-state index in [9.17, 15) is 10.1 Å². The van der Waals surface area contributed by atoms with Gasteiger partial charge in [-0.15, -0.1) is 0 Å². The number of nitrogens with zero attached hydrogens (tertiary/aromatic N) is 1. The first kappa shape index (κ1) is 10.9. The molecule has 0 aromatic heterocycles. The lowest BCUT2D eigenvalue weighted by Crippen LogP contribution is -2.19. The molecule has 0 radical (unpaired) electrons. The summed E-state index contributed by atoms with van der Waals surface area (Å²) in [6, 6.07) is 4.69. The van der Waals surface area contributed by atoms with E-state index in [1.165, 1.54) is 12.1 Å². The SMILES string of the molecule is Cc1cc([N+](=O)[O-])ccc1OC1CCNC1. The summed E-state index contributed by atoms with van der Waals surface area (Å²) in [7, 11) is 0. The number of nitro groups is 1. The zero-order chi connectivity index (χ0) is 11.5. The standard InChI is InChI=1S/C11H14N2O3/c1-8-6-9(13(14)15)2-3-11(8)16-10-4-5-12-7-10/h2-3,6,10,12H,4-5,7H2,1H3. The average Bonchev–Trinajstić information content (AvgIpc) is 2.73. The van der Waals surface area contributed by atoms with E-state index in [1.807, 2.05) is 6.92 Å². The second-order valence-electron chi connectivity index (χ2n) is 3.94. The zero-order valence-corrected chi connectivity index (χ0v) is 9.10. The third-order valence-electron chi connectivity index (χ3n) is 2.68. The van der Waals surface area contributed by atoms with E-state index in [2.05, 4.69) is 5.32 Å². The Hall–Kier alpha value is -1.62. The molecule has 1 fully saturated rings. The van der Waals surface area contributed by atoms with Crippen LogP contribution in [-0.4, -0.2) is 24.1 Å². The molecule has 16 heavy (non-hydrogen) atoms. The largest absolute Gasteiger partial charge is 0.489 e. The molecule has 0 saturated carbocycles. The number of nitrogens with one attached hydrogen (secondary N) is 1. The molecule has 1 aromatic carbocycles. The van der Waals surface area contributed by atoms with Crippen molar-refractivity contribution in [3.05, 3.63) is 33.9 Å². The molecule has 86 valence electrons. The number of rotatable bonds is 3. The van der Waals surface area contributed by atoms with Gasteiger partial charge in [-0.3, -0.25) is 10.1 Å². The van der Waals surface area contributed by atoms with Crippen molar-refractivity contribution in [3.8, 4) is 5.75 Å². The normalized spacial score (nSPS) is 19.7. The predicted molar refractivity (Wildman–Crippen MR) is 59.7 cm³/mol. The molecule has 5 nitrogen and oxygen atoms in total. The van der Waals surface area contributed by atoms with Gasteiger partial charge < -0.3 is 10.1 Å². The minimum atomic E-state index is -0.395. The number of hydrogen-bond acceptors (Lipinski definition) is 4. The molecule has 0 spiro atoms. The Morgan fingerprint density at radius 2 is 2.38 bits per heavy atom. The molecular formula is C11H14N2O3. The van der Waals surface area contributed by atoms with Crippen molar-refractivity contribution in [2.45, 2.75) is 19.4 Å². The fourth-order valence-corrected chi connectivity index (χ4v) is 1.79. The highest BCUT2D eigenvalue weighted by Crippen LogP contribution is 2.24. The molecule has 1 aliphatic heterocycles. The molecule has 2 rings (SSSR count). The number of nitro benzene ring substituents is 1. The van der Waals surface area contributed by atoms with Crippen LogP contribution in [0.1, 0.15) is 12.0 Å². The first-order chi connectivity index (χ1) is 7.66. The van der Waals surface area contributed by atoms with Gasteiger partial charge in [-0.05, 0) is 31.5 Å². The molecule has 1 heterocycles. The number of hydrogen-bond donors (Lipinski definition) is 1. The Morgan fingerprint density at radius 3 is 2.94 bits per heavy atom. The fourth-order valence-electron chi connectivity index (χ4n) is 1.79. The first-order valence-corrected chi connectivity index (χ1v) is 5.29. The molecular weight excluding hydrogens is 208 g/mol. The van der Waals surface area contributed by atoms with Gasteiger partial charge in [0.05, 0.1) is 4.92 Å². The monoisotopic (exact) mass is 222 g/mol. The van der Waals surface area contributed by atoms with Gasteiger partial charge in [-0.2, -0.15) is 0 Å². The Kier molecular flexibility index (Phi) is 3.05.